The van der Waals surface area contributed by atoms with Gasteiger partial charge in [0.2, 0.25) is 0 Å². The summed E-state index contributed by atoms with van der Waals surface area (Å²) in [4.78, 5) is 15.0. The van der Waals surface area contributed by atoms with Crippen molar-refractivity contribution in [1.29, 1.82) is 0 Å². The zero-order valence-corrected chi connectivity index (χ0v) is 6.54. The first-order chi connectivity index (χ1) is 4.50. The van der Waals surface area contributed by atoms with Crippen molar-refractivity contribution in [2.45, 2.75) is 0 Å². The molecule has 0 saturated heterocycles. The fraction of sp³-hybridized carbons (Fsp3) is 0. The molecule has 0 unspecified atom stereocenters. The number of thiol groups is 1. The van der Waals surface area contributed by atoms with Crippen molar-refractivity contribution in [2.24, 2.45) is 0 Å². The lowest BCUT2D eigenvalue weighted by molar-refractivity contribution is 0.397. The molecule has 58 valence electrons. The van der Waals surface area contributed by atoms with Gasteiger partial charge in [0.1, 0.15) is 0 Å². The molecule has 0 fully saturated rings. The first-order valence-corrected chi connectivity index (χ1v) is 4.85. The Kier molecular flexibility index (Phi) is 4.29. The minimum atomic E-state index is -3.94. The Bertz CT molecular complexity index is 170. The lowest BCUT2D eigenvalue weighted by Crippen LogP contribution is -1.61. The van der Waals surface area contributed by atoms with Crippen molar-refractivity contribution in [2.75, 3.05) is 0 Å². The highest BCUT2D eigenvalue weighted by atomic mass is 32.7. The Morgan fingerprint density at radius 1 is 1.60 bits per heavy atom. The second-order valence-electron chi connectivity index (χ2n) is 1.17. The van der Waals surface area contributed by atoms with Crippen molar-refractivity contribution in [3.05, 3.63) is 12.4 Å². The summed E-state index contributed by atoms with van der Waals surface area (Å²) in [5, 5.41) is 9.26. The van der Waals surface area contributed by atoms with Gasteiger partial charge in [-0.05, 0) is 0 Å². The molecule has 10 heavy (non-hydrogen) atoms. The molecule has 1 aromatic rings. The molecule has 1 heterocycles. The fourth-order valence-electron chi connectivity index (χ4n) is 0.167. The summed E-state index contributed by atoms with van der Waals surface area (Å²) in [6.45, 7) is -3.94. The van der Waals surface area contributed by atoms with Crippen LogP contribution in [0.3, 0.4) is 0 Å². The normalized spacial score (nSPS) is 9.90. The van der Waals surface area contributed by atoms with Crippen molar-refractivity contribution in [3.63, 3.8) is 0 Å². The van der Waals surface area contributed by atoms with Gasteiger partial charge in [0.25, 0.3) is 0 Å². The standard InChI is InChI=1S/C2H3N3.H3O3PS/c1-2-4-5-3-1;1-4(2,3)5/h1-2H,(H,3,4,5);(H3,1,2,3,5). The molecule has 0 bridgehead atoms. The van der Waals surface area contributed by atoms with Gasteiger partial charge in [-0.25, -0.2) is 4.57 Å². The summed E-state index contributed by atoms with van der Waals surface area (Å²) in [5.74, 6) is 0. The van der Waals surface area contributed by atoms with Crippen LogP contribution in [-0.4, -0.2) is 25.2 Å². The van der Waals surface area contributed by atoms with Gasteiger partial charge in [0.05, 0.1) is 6.20 Å². The number of H-pyrrole nitrogens is 1. The van der Waals surface area contributed by atoms with Crippen molar-refractivity contribution in [1.82, 2.24) is 15.4 Å². The number of hydrogen-bond donors (Lipinski definition) is 4. The molecule has 0 saturated carbocycles. The Balaban J connectivity index is 0.000000162. The molecule has 6 nitrogen and oxygen atoms in total. The molecule has 0 amide bonds. The summed E-state index contributed by atoms with van der Waals surface area (Å²) >= 11 is 2.79. The number of nitrogens with zero attached hydrogens (tertiary/aromatic N) is 2. The van der Waals surface area contributed by atoms with Crippen LogP contribution in [0.25, 0.3) is 0 Å². The van der Waals surface area contributed by atoms with E-state index in [1.807, 2.05) is 0 Å². The fourth-order valence-corrected chi connectivity index (χ4v) is 0.167. The molecule has 0 aliphatic heterocycles. The van der Waals surface area contributed by atoms with Crippen LogP contribution in [0.2, 0.25) is 0 Å². The Labute approximate surface area is 62.0 Å². The lowest BCUT2D eigenvalue weighted by atomic mass is 11.0. The number of aromatic amines is 1. The summed E-state index contributed by atoms with van der Waals surface area (Å²) in [6.07, 6.45) is 3.24. The molecule has 0 aliphatic rings. The Morgan fingerprint density at radius 3 is 2.20 bits per heavy atom. The Hall–Kier alpha value is -0.360. The lowest BCUT2D eigenvalue weighted by Gasteiger charge is -1.82. The van der Waals surface area contributed by atoms with Crippen LogP contribution in [0.4, 0.5) is 0 Å². The molecular formula is C2H6N3O3PS. The van der Waals surface area contributed by atoms with Crippen LogP contribution in [0.15, 0.2) is 12.4 Å². The van der Waals surface area contributed by atoms with E-state index in [2.05, 4.69) is 27.7 Å². The molecule has 0 radical (unpaired) electrons. The highest BCUT2D eigenvalue weighted by molar-refractivity contribution is 8.43. The van der Waals surface area contributed by atoms with E-state index in [0.717, 1.165) is 0 Å². The number of aromatic nitrogens is 3. The van der Waals surface area contributed by atoms with Crippen molar-refractivity contribution < 1.29 is 14.4 Å². The van der Waals surface area contributed by atoms with Gasteiger partial charge in [-0.3, -0.25) is 5.10 Å². The molecule has 0 aliphatic carbocycles. The SMILES string of the molecule is O=P(O)(O)S.c1c[nH]nn1. The van der Waals surface area contributed by atoms with Crippen molar-refractivity contribution >= 4 is 19.0 Å². The molecule has 3 N–H and O–H groups in total. The van der Waals surface area contributed by atoms with E-state index >= 15 is 0 Å². The Morgan fingerprint density at radius 2 is 2.10 bits per heavy atom. The zero-order chi connectivity index (χ0) is 8.04. The maximum Gasteiger partial charge on any atom is 0.380 e. The van der Waals surface area contributed by atoms with E-state index in [1.54, 1.807) is 12.4 Å². The van der Waals surface area contributed by atoms with Gasteiger partial charge in [-0.1, -0.05) is 17.5 Å². The van der Waals surface area contributed by atoms with E-state index in [0.29, 0.717) is 0 Å². The highest BCUT2D eigenvalue weighted by Gasteiger charge is 1.97. The molecule has 0 aromatic carbocycles. The zero-order valence-electron chi connectivity index (χ0n) is 4.75. The monoisotopic (exact) mass is 183 g/mol. The van der Waals surface area contributed by atoms with E-state index in [-0.39, 0.29) is 0 Å². The number of nitrogens with one attached hydrogen (secondary N) is 1. The first-order valence-electron chi connectivity index (χ1n) is 2.09. The van der Waals surface area contributed by atoms with E-state index in [1.165, 1.54) is 0 Å². The number of hydrogen-bond acceptors (Lipinski definition) is 3. The predicted molar refractivity (Wildman–Crippen MR) is 37.4 cm³/mol. The molecule has 1 rings (SSSR count). The second kappa shape index (κ2) is 4.45. The molecule has 8 heteroatoms. The summed E-state index contributed by atoms with van der Waals surface area (Å²) in [7, 11) is 0. The van der Waals surface area contributed by atoms with Gasteiger partial charge in [-0.2, -0.15) is 0 Å². The van der Waals surface area contributed by atoms with E-state index in [4.69, 9.17) is 9.79 Å². The first kappa shape index (κ1) is 9.64. The number of rotatable bonds is 0. The summed E-state index contributed by atoms with van der Waals surface area (Å²) in [6, 6.07) is 0. The van der Waals surface area contributed by atoms with Gasteiger partial charge < -0.3 is 9.79 Å². The van der Waals surface area contributed by atoms with Gasteiger partial charge in [-0.15, -0.1) is 5.10 Å². The maximum absolute atomic E-state index is 9.19. The third kappa shape index (κ3) is 15.6. The molecule has 0 spiro atoms. The smallest absolute Gasteiger partial charge is 0.317 e. The van der Waals surface area contributed by atoms with Crippen LogP contribution in [0, 0.1) is 0 Å². The van der Waals surface area contributed by atoms with Crippen LogP contribution in [0.1, 0.15) is 0 Å². The highest BCUT2D eigenvalue weighted by Crippen LogP contribution is 2.39. The second-order valence-corrected chi connectivity index (χ2v) is 3.76. The van der Waals surface area contributed by atoms with E-state index < -0.39 is 6.80 Å². The van der Waals surface area contributed by atoms with Crippen molar-refractivity contribution in [3.8, 4) is 0 Å². The third-order valence-corrected chi connectivity index (χ3v) is 0.331. The molecule has 0 atom stereocenters. The largest absolute Gasteiger partial charge is 0.380 e. The molecule has 1 aromatic heterocycles. The predicted octanol–water partition coefficient (Wildman–Crippen LogP) is -0.186. The maximum atomic E-state index is 9.19. The van der Waals surface area contributed by atoms with Crippen LogP contribution in [-0.2, 0) is 4.57 Å². The minimum absolute atomic E-state index is 1.58. The summed E-state index contributed by atoms with van der Waals surface area (Å²) < 4.78 is 9.19. The average Bonchev–Trinajstić information content (AvgIpc) is 2.07. The van der Waals surface area contributed by atoms with Crippen LogP contribution >= 0.6 is 19.0 Å². The topological polar surface area (TPSA) is 99.1 Å². The van der Waals surface area contributed by atoms with Gasteiger partial charge in [0.15, 0.2) is 0 Å². The minimum Gasteiger partial charge on any atom is -0.317 e. The quantitative estimate of drug-likeness (QED) is 0.330. The third-order valence-electron chi connectivity index (χ3n) is 0.331. The van der Waals surface area contributed by atoms with E-state index in [9.17, 15) is 4.57 Å². The van der Waals surface area contributed by atoms with Crippen LogP contribution < -0.4 is 0 Å². The summed E-state index contributed by atoms with van der Waals surface area (Å²) in [5.41, 5.74) is 0. The van der Waals surface area contributed by atoms with Gasteiger partial charge in [0, 0.05) is 6.20 Å². The van der Waals surface area contributed by atoms with Gasteiger partial charge >= 0.3 is 6.80 Å². The van der Waals surface area contributed by atoms with Crippen LogP contribution in [0.5, 0.6) is 0 Å². The molecular weight excluding hydrogens is 177 g/mol. The average molecular weight is 183 g/mol.